The molecule has 0 heterocycles. The summed E-state index contributed by atoms with van der Waals surface area (Å²) in [4.78, 5) is 0. The third-order valence-electron chi connectivity index (χ3n) is 4.39. The molecule has 0 saturated heterocycles. The number of benzene rings is 1. The number of rotatable bonds is 4. The molecule has 0 bridgehead atoms. The Balaban J connectivity index is 2.35. The second-order valence-corrected chi connectivity index (χ2v) is 8.53. The van der Waals surface area contributed by atoms with Crippen LogP contribution in [0, 0.1) is 5.92 Å². The zero-order valence-corrected chi connectivity index (χ0v) is 16.4. The molecule has 0 amide bonds. The van der Waals surface area contributed by atoms with Gasteiger partial charge < -0.3 is 0 Å². The third-order valence-corrected chi connectivity index (χ3v) is 6.89. The molecule has 0 spiro atoms. The van der Waals surface area contributed by atoms with Gasteiger partial charge in [-0.2, -0.15) is 0 Å². The first-order chi connectivity index (χ1) is 8.99. The van der Waals surface area contributed by atoms with Crippen LogP contribution in [0.4, 0.5) is 0 Å². The third kappa shape index (κ3) is 3.74. The van der Waals surface area contributed by atoms with Gasteiger partial charge in [0.1, 0.15) is 0 Å². The monoisotopic (exact) mass is 422 g/mol. The standard InChI is InChI=1S/C18H26.Hf/c1-13(2)17-10-16(9-15-7-5-6-8-15)11-18(12-17)14(3)4;/h10-15H,5-8H2,1-4H3;/q;+2. The van der Waals surface area contributed by atoms with Gasteiger partial charge in [-0.1, -0.05) is 0 Å². The van der Waals surface area contributed by atoms with Crippen LogP contribution < -0.4 is 0 Å². The molecule has 19 heavy (non-hydrogen) atoms. The zero-order chi connectivity index (χ0) is 14.0. The molecule has 0 N–H and O–H groups in total. The van der Waals surface area contributed by atoms with Crippen LogP contribution >= 0.6 is 0 Å². The van der Waals surface area contributed by atoms with E-state index in [1.807, 2.05) is 0 Å². The van der Waals surface area contributed by atoms with Gasteiger partial charge in [-0.25, -0.2) is 0 Å². The Bertz CT molecular complexity index is 425. The van der Waals surface area contributed by atoms with E-state index in [0.717, 1.165) is 5.92 Å². The fraction of sp³-hybridized carbons (Fsp3) is 0.611. The molecule has 1 aliphatic carbocycles. The van der Waals surface area contributed by atoms with Gasteiger partial charge in [0.05, 0.1) is 0 Å². The van der Waals surface area contributed by atoms with Crippen molar-refractivity contribution in [1.82, 2.24) is 0 Å². The molecule has 1 saturated carbocycles. The number of hydrogen-bond donors (Lipinski definition) is 0. The summed E-state index contributed by atoms with van der Waals surface area (Å²) in [7, 11) is 0. The maximum atomic E-state index is 2.47. The Kier molecular flexibility index (Phi) is 5.34. The van der Waals surface area contributed by atoms with Crippen LogP contribution in [0.25, 0.3) is 0 Å². The van der Waals surface area contributed by atoms with Crippen molar-refractivity contribution in [2.45, 2.75) is 65.2 Å². The van der Waals surface area contributed by atoms with Crippen LogP contribution in [-0.2, 0) is 23.9 Å². The average molecular weight is 421 g/mol. The van der Waals surface area contributed by atoms with Gasteiger partial charge >= 0.3 is 133 Å². The summed E-state index contributed by atoms with van der Waals surface area (Å²) >= 11 is 1.22. The van der Waals surface area contributed by atoms with Gasteiger partial charge in [-0.05, 0) is 0 Å². The Morgan fingerprint density at radius 1 is 0.947 bits per heavy atom. The molecule has 1 heteroatoms. The van der Waals surface area contributed by atoms with E-state index in [-0.39, 0.29) is 0 Å². The molecule has 1 fully saturated rings. The van der Waals surface area contributed by atoms with Gasteiger partial charge in [0.15, 0.2) is 0 Å². The molecule has 1 aliphatic rings. The summed E-state index contributed by atoms with van der Waals surface area (Å²) in [5, 5.41) is 0. The van der Waals surface area contributed by atoms with Crippen molar-refractivity contribution in [2.24, 2.45) is 5.92 Å². The minimum absolute atomic E-state index is 0.635. The van der Waals surface area contributed by atoms with E-state index in [0.29, 0.717) is 11.8 Å². The fourth-order valence-electron chi connectivity index (χ4n) is 2.95. The SMILES string of the molecule is CC(C)c1cc([C](=[Hf+2])C2CCCC2)cc(C(C)C)c1. The predicted octanol–water partition coefficient (Wildman–Crippen LogP) is 5.19. The summed E-state index contributed by atoms with van der Waals surface area (Å²) in [6, 6.07) is 7.36. The normalized spacial score (nSPS) is 16.6. The van der Waals surface area contributed by atoms with Gasteiger partial charge in [0.2, 0.25) is 0 Å². The van der Waals surface area contributed by atoms with E-state index >= 15 is 0 Å². The Labute approximate surface area is 133 Å². The van der Waals surface area contributed by atoms with Crippen LogP contribution in [0.15, 0.2) is 18.2 Å². The van der Waals surface area contributed by atoms with E-state index < -0.39 is 0 Å². The molecular weight excluding hydrogens is 395 g/mol. The Morgan fingerprint density at radius 3 is 1.84 bits per heavy atom. The molecule has 0 nitrogen and oxygen atoms in total. The molecule has 0 aromatic heterocycles. The first-order valence-corrected chi connectivity index (χ1v) is 9.52. The molecule has 0 unspecified atom stereocenters. The summed E-state index contributed by atoms with van der Waals surface area (Å²) in [5.41, 5.74) is 4.61. The van der Waals surface area contributed by atoms with E-state index in [9.17, 15) is 0 Å². The molecule has 0 atom stereocenters. The fourth-order valence-corrected chi connectivity index (χ4v) is 4.50. The van der Waals surface area contributed by atoms with Crippen molar-refractivity contribution < 1.29 is 23.9 Å². The molecular formula is C18H26Hf+2. The van der Waals surface area contributed by atoms with Crippen molar-refractivity contribution in [3.05, 3.63) is 34.9 Å². The van der Waals surface area contributed by atoms with Crippen molar-refractivity contribution in [3.63, 3.8) is 0 Å². The van der Waals surface area contributed by atoms with E-state index in [2.05, 4.69) is 45.9 Å². The van der Waals surface area contributed by atoms with Gasteiger partial charge in [-0.15, -0.1) is 0 Å². The van der Waals surface area contributed by atoms with Crippen LogP contribution in [0.5, 0.6) is 0 Å². The summed E-state index contributed by atoms with van der Waals surface area (Å²) in [6.07, 6.45) is 5.75. The molecule has 0 aliphatic heterocycles. The van der Waals surface area contributed by atoms with E-state index in [4.69, 9.17) is 0 Å². The van der Waals surface area contributed by atoms with Crippen molar-refractivity contribution in [2.75, 3.05) is 0 Å². The van der Waals surface area contributed by atoms with E-state index in [1.165, 1.54) is 60.7 Å². The predicted molar refractivity (Wildman–Crippen MR) is 80.7 cm³/mol. The van der Waals surface area contributed by atoms with Crippen LogP contribution in [0.1, 0.15) is 81.9 Å². The topological polar surface area (TPSA) is 0 Å². The zero-order valence-electron chi connectivity index (χ0n) is 12.8. The molecule has 1 aromatic carbocycles. The quantitative estimate of drug-likeness (QED) is 0.588. The summed E-state index contributed by atoms with van der Waals surface area (Å²) in [5.74, 6) is 2.17. The summed E-state index contributed by atoms with van der Waals surface area (Å²) in [6.45, 7) is 9.24. The Hall–Kier alpha value is -0.0399. The van der Waals surface area contributed by atoms with Crippen molar-refractivity contribution >= 4 is 3.26 Å². The molecule has 0 radical (unpaired) electrons. The minimum atomic E-state index is 0.635. The first kappa shape index (κ1) is 15.4. The average Bonchev–Trinajstić information content (AvgIpc) is 2.91. The van der Waals surface area contributed by atoms with Gasteiger partial charge in [0, 0.05) is 0 Å². The summed E-state index contributed by atoms with van der Waals surface area (Å²) < 4.78 is 1.77. The van der Waals surface area contributed by atoms with Gasteiger partial charge in [0.25, 0.3) is 0 Å². The molecule has 2 rings (SSSR count). The number of hydrogen-bond acceptors (Lipinski definition) is 0. The van der Waals surface area contributed by atoms with Crippen LogP contribution in [0.2, 0.25) is 0 Å². The Morgan fingerprint density at radius 2 is 1.42 bits per heavy atom. The molecule has 1 aromatic rings. The van der Waals surface area contributed by atoms with E-state index in [1.54, 1.807) is 8.82 Å². The van der Waals surface area contributed by atoms with Gasteiger partial charge in [-0.3, -0.25) is 0 Å². The van der Waals surface area contributed by atoms with Crippen molar-refractivity contribution in [3.8, 4) is 0 Å². The maximum absolute atomic E-state index is 2.47. The molecule has 100 valence electrons. The van der Waals surface area contributed by atoms with Crippen molar-refractivity contribution in [1.29, 1.82) is 0 Å². The van der Waals surface area contributed by atoms with Crippen LogP contribution in [0.3, 0.4) is 0 Å². The van der Waals surface area contributed by atoms with Crippen LogP contribution in [-0.4, -0.2) is 3.26 Å². The second kappa shape index (κ2) is 6.61. The second-order valence-electron chi connectivity index (χ2n) is 6.59. The first-order valence-electron chi connectivity index (χ1n) is 7.72.